The summed E-state index contributed by atoms with van der Waals surface area (Å²) < 4.78 is 27.3. The fourth-order valence-corrected chi connectivity index (χ4v) is 1.57. The van der Waals surface area contributed by atoms with E-state index in [2.05, 4.69) is 0 Å². The highest BCUT2D eigenvalue weighted by Crippen LogP contribution is 2.28. The molecule has 0 amide bonds. The van der Waals surface area contributed by atoms with Crippen LogP contribution in [0.25, 0.3) is 11.1 Å². The van der Waals surface area contributed by atoms with Crippen molar-refractivity contribution >= 4 is 5.69 Å². The van der Waals surface area contributed by atoms with Crippen molar-refractivity contribution in [2.75, 3.05) is 5.73 Å². The van der Waals surface area contributed by atoms with E-state index in [0.717, 1.165) is 0 Å². The summed E-state index contributed by atoms with van der Waals surface area (Å²) in [5.41, 5.74) is 7.01. The lowest BCUT2D eigenvalue weighted by molar-refractivity contribution is 0.584. The molecule has 3 heteroatoms. The molecule has 0 bridgehead atoms. The van der Waals surface area contributed by atoms with E-state index in [1.165, 1.54) is 12.1 Å². The number of anilines is 1. The van der Waals surface area contributed by atoms with Crippen molar-refractivity contribution in [2.45, 2.75) is 6.92 Å². The Morgan fingerprint density at radius 2 is 1.56 bits per heavy atom. The van der Waals surface area contributed by atoms with Crippen LogP contribution in [0.2, 0.25) is 0 Å². The molecular weight excluding hydrogens is 208 g/mol. The summed E-state index contributed by atoms with van der Waals surface area (Å²) in [5, 5.41) is 0. The second-order valence-electron chi connectivity index (χ2n) is 3.68. The van der Waals surface area contributed by atoms with E-state index in [0.29, 0.717) is 16.8 Å². The van der Waals surface area contributed by atoms with E-state index in [1.54, 1.807) is 31.2 Å². The molecule has 0 radical (unpaired) electrons. The predicted octanol–water partition coefficient (Wildman–Crippen LogP) is 3.52. The average molecular weight is 219 g/mol. The second kappa shape index (κ2) is 3.93. The highest BCUT2D eigenvalue weighted by molar-refractivity contribution is 5.67. The first-order valence-electron chi connectivity index (χ1n) is 4.90. The summed E-state index contributed by atoms with van der Waals surface area (Å²) in [6.07, 6.45) is 0. The van der Waals surface area contributed by atoms with Crippen molar-refractivity contribution in [1.29, 1.82) is 0 Å². The number of nitrogen functional groups attached to an aromatic ring is 1. The smallest absolute Gasteiger partial charge is 0.136 e. The lowest BCUT2D eigenvalue weighted by atomic mass is 10.0. The minimum atomic E-state index is -0.562. The maximum absolute atomic E-state index is 13.8. The van der Waals surface area contributed by atoms with Crippen molar-refractivity contribution in [3.8, 4) is 11.1 Å². The second-order valence-corrected chi connectivity index (χ2v) is 3.68. The maximum Gasteiger partial charge on any atom is 0.136 e. The van der Waals surface area contributed by atoms with Gasteiger partial charge in [0.15, 0.2) is 0 Å². The third-order valence-corrected chi connectivity index (χ3v) is 2.48. The molecule has 82 valence electrons. The summed E-state index contributed by atoms with van der Waals surface area (Å²) in [6.45, 7) is 1.61. The number of benzene rings is 2. The summed E-state index contributed by atoms with van der Waals surface area (Å²) in [4.78, 5) is 0. The van der Waals surface area contributed by atoms with E-state index < -0.39 is 11.6 Å². The predicted molar refractivity (Wildman–Crippen MR) is 60.9 cm³/mol. The third kappa shape index (κ3) is 1.76. The maximum atomic E-state index is 13.8. The standard InChI is InChI=1S/C13H11F2N/c1-8-2-7-11(14)12(13(8)15)9-3-5-10(16)6-4-9/h2-7H,16H2,1H3. The van der Waals surface area contributed by atoms with Gasteiger partial charge in [0, 0.05) is 5.69 Å². The molecule has 0 atom stereocenters. The Morgan fingerprint density at radius 1 is 0.938 bits per heavy atom. The van der Waals surface area contributed by atoms with E-state index in [4.69, 9.17) is 5.73 Å². The minimum absolute atomic E-state index is 0.000000000000000222. The van der Waals surface area contributed by atoms with Crippen molar-refractivity contribution in [2.24, 2.45) is 0 Å². The zero-order chi connectivity index (χ0) is 11.7. The summed E-state index contributed by atoms with van der Waals surface area (Å²) in [7, 11) is 0. The van der Waals surface area contributed by atoms with E-state index in [9.17, 15) is 8.78 Å². The Labute approximate surface area is 92.5 Å². The van der Waals surface area contributed by atoms with Crippen LogP contribution in [0, 0.1) is 18.6 Å². The van der Waals surface area contributed by atoms with Crippen LogP contribution in [0.15, 0.2) is 36.4 Å². The highest BCUT2D eigenvalue weighted by atomic mass is 19.1. The monoisotopic (exact) mass is 219 g/mol. The normalized spacial score (nSPS) is 10.4. The van der Waals surface area contributed by atoms with Gasteiger partial charge in [-0.25, -0.2) is 8.78 Å². The lowest BCUT2D eigenvalue weighted by Gasteiger charge is -2.07. The summed E-state index contributed by atoms with van der Waals surface area (Å²) >= 11 is 0. The van der Waals surface area contributed by atoms with E-state index in [1.807, 2.05) is 0 Å². The number of hydrogen-bond acceptors (Lipinski definition) is 1. The molecule has 0 aliphatic carbocycles. The molecule has 0 saturated carbocycles. The van der Waals surface area contributed by atoms with Gasteiger partial charge in [0.25, 0.3) is 0 Å². The molecule has 0 spiro atoms. The van der Waals surface area contributed by atoms with Gasteiger partial charge in [-0.05, 0) is 36.2 Å². The van der Waals surface area contributed by atoms with Crippen molar-refractivity contribution in [1.82, 2.24) is 0 Å². The molecule has 16 heavy (non-hydrogen) atoms. The van der Waals surface area contributed by atoms with Crippen LogP contribution in [0.4, 0.5) is 14.5 Å². The zero-order valence-electron chi connectivity index (χ0n) is 8.80. The molecule has 2 rings (SSSR count). The van der Waals surface area contributed by atoms with Crippen LogP contribution in [0.3, 0.4) is 0 Å². The molecule has 0 aliphatic heterocycles. The summed E-state index contributed by atoms with van der Waals surface area (Å²) in [6, 6.07) is 9.15. The van der Waals surface area contributed by atoms with Gasteiger partial charge < -0.3 is 5.73 Å². The van der Waals surface area contributed by atoms with Crippen LogP contribution in [-0.4, -0.2) is 0 Å². The number of rotatable bonds is 1. The van der Waals surface area contributed by atoms with Gasteiger partial charge >= 0.3 is 0 Å². The SMILES string of the molecule is Cc1ccc(F)c(-c2ccc(N)cc2)c1F. The van der Waals surface area contributed by atoms with Gasteiger partial charge in [-0.2, -0.15) is 0 Å². The Balaban J connectivity index is 2.63. The van der Waals surface area contributed by atoms with Gasteiger partial charge in [0.1, 0.15) is 11.6 Å². The van der Waals surface area contributed by atoms with Gasteiger partial charge in [-0.3, -0.25) is 0 Å². The number of halogens is 2. The Kier molecular flexibility index (Phi) is 2.60. The van der Waals surface area contributed by atoms with Crippen LogP contribution in [-0.2, 0) is 0 Å². The molecule has 2 aromatic carbocycles. The van der Waals surface area contributed by atoms with Gasteiger partial charge in [0.2, 0.25) is 0 Å². The molecule has 0 aliphatic rings. The molecule has 0 fully saturated rings. The molecule has 0 aromatic heterocycles. The first-order chi connectivity index (χ1) is 7.59. The van der Waals surface area contributed by atoms with Crippen LogP contribution in [0.1, 0.15) is 5.56 Å². The lowest BCUT2D eigenvalue weighted by Crippen LogP contribution is -1.93. The average Bonchev–Trinajstić information content (AvgIpc) is 2.27. The molecule has 2 N–H and O–H groups in total. The Bertz CT molecular complexity index is 518. The Morgan fingerprint density at radius 3 is 2.19 bits per heavy atom. The van der Waals surface area contributed by atoms with E-state index >= 15 is 0 Å². The van der Waals surface area contributed by atoms with Gasteiger partial charge in [0.05, 0.1) is 5.56 Å². The molecule has 0 unspecified atom stereocenters. The van der Waals surface area contributed by atoms with Gasteiger partial charge in [-0.15, -0.1) is 0 Å². The van der Waals surface area contributed by atoms with Gasteiger partial charge in [-0.1, -0.05) is 18.2 Å². The molecular formula is C13H11F2N. The topological polar surface area (TPSA) is 26.0 Å². The zero-order valence-corrected chi connectivity index (χ0v) is 8.80. The molecule has 2 aromatic rings. The summed E-state index contributed by atoms with van der Waals surface area (Å²) in [5.74, 6) is -1.09. The van der Waals surface area contributed by atoms with Crippen LogP contribution in [0.5, 0.6) is 0 Å². The first-order valence-corrected chi connectivity index (χ1v) is 4.90. The fraction of sp³-hybridized carbons (Fsp3) is 0.0769. The first kappa shape index (κ1) is 10.6. The van der Waals surface area contributed by atoms with Crippen molar-refractivity contribution in [3.05, 3.63) is 53.6 Å². The van der Waals surface area contributed by atoms with Crippen LogP contribution >= 0.6 is 0 Å². The number of aryl methyl sites for hydroxylation is 1. The molecule has 0 saturated heterocycles. The largest absolute Gasteiger partial charge is 0.399 e. The third-order valence-electron chi connectivity index (χ3n) is 2.48. The number of nitrogens with two attached hydrogens (primary N) is 1. The highest BCUT2D eigenvalue weighted by Gasteiger charge is 2.12. The van der Waals surface area contributed by atoms with Crippen molar-refractivity contribution in [3.63, 3.8) is 0 Å². The fourth-order valence-electron chi connectivity index (χ4n) is 1.57. The Hall–Kier alpha value is -1.90. The number of hydrogen-bond donors (Lipinski definition) is 1. The van der Waals surface area contributed by atoms with Crippen molar-refractivity contribution < 1.29 is 8.78 Å². The molecule has 1 nitrogen and oxygen atoms in total. The van der Waals surface area contributed by atoms with Crippen LogP contribution < -0.4 is 5.73 Å². The molecule has 0 heterocycles. The quantitative estimate of drug-likeness (QED) is 0.729. The van der Waals surface area contributed by atoms with E-state index in [-0.39, 0.29) is 5.56 Å². The minimum Gasteiger partial charge on any atom is -0.399 e.